The molecule has 6 heteroatoms. The molecule has 2 aromatic rings. The number of benzene rings is 2. The predicted molar refractivity (Wildman–Crippen MR) is 82.8 cm³/mol. The molecule has 0 radical (unpaired) electrons. The summed E-state index contributed by atoms with van der Waals surface area (Å²) in [7, 11) is -3.56. The first-order valence-electron chi connectivity index (χ1n) is 6.47. The number of amides is 1. The number of carbonyl (C=O) groups is 1. The van der Waals surface area contributed by atoms with Crippen LogP contribution in [0.15, 0.2) is 54.6 Å². The van der Waals surface area contributed by atoms with Crippen LogP contribution in [0.4, 0.5) is 5.69 Å². The zero-order chi connectivity index (χ0) is 15.3. The molecule has 1 atom stereocenters. The van der Waals surface area contributed by atoms with Gasteiger partial charge < -0.3 is 10.2 Å². The minimum absolute atomic E-state index is 0.134. The highest BCUT2D eigenvalue weighted by Crippen LogP contribution is 2.38. The van der Waals surface area contributed by atoms with Gasteiger partial charge in [0.25, 0.3) is 0 Å². The van der Waals surface area contributed by atoms with E-state index in [-0.39, 0.29) is 12.5 Å². The maximum atomic E-state index is 12.2. The Morgan fingerprint density at radius 2 is 1.76 bits per heavy atom. The summed E-state index contributed by atoms with van der Waals surface area (Å²) in [5, 5.41) is 5.72. The van der Waals surface area contributed by atoms with Crippen molar-refractivity contribution >= 4 is 24.8 Å². The van der Waals surface area contributed by atoms with Crippen LogP contribution in [0.25, 0.3) is 0 Å². The van der Waals surface area contributed by atoms with E-state index in [1.54, 1.807) is 54.6 Å². The molecule has 1 unspecified atom stereocenters. The molecule has 0 aliphatic carbocycles. The minimum atomic E-state index is -3.56. The summed E-state index contributed by atoms with van der Waals surface area (Å²) in [5.41, 5.74) is 1.55. The molecular formula is C15H17N2O3P. The van der Waals surface area contributed by atoms with Gasteiger partial charge in [0.05, 0.1) is 6.54 Å². The molecule has 0 saturated heterocycles. The van der Waals surface area contributed by atoms with Crippen LogP contribution in [-0.4, -0.2) is 10.8 Å². The van der Waals surface area contributed by atoms with Crippen molar-refractivity contribution in [1.82, 2.24) is 5.09 Å². The molecule has 0 heterocycles. The van der Waals surface area contributed by atoms with Gasteiger partial charge in [-0.1, -0.05) is 30.3 Å². The lowest BCUT2D eigenvalue weighted by molar-refractivity contribution is -0.187. The van der Waals surface area contributed by atoms with Gasteiger partial charge in [0.1, 0.15) is 5.30 Å². The number of anilines is 1. The van der Waals surface area contributed by atoms with E-state index in [0.29, 0.717) is 11.0 Å². The largest absolute Gasteiger partial charge is 0.637 e. The maximum absolute atomic E-state index is 12.2. The third-order valence-corrected chi connectivity index (χ3v) is 4.46. The monoisotopic (exact) mass is 304 g/mol. The molecule has 1 amide bonds. The topological polar surface area (TPSA) is 84.4 Å². The quantitative estimate of drug-likeness (QED) is 0.724. The van der Waals surface area contributed by atoms with Gasteiger partial charge in [-0.25, -0.2) is 4.89 Å². The Balaban J connectivity index is 1.98. The van der Waals surface area contributed by atoms with Gasteiger partial charge in [-0.05, 0) is 29.8 Å². The standard InChI is InChI=1S/C15H17N2O3P/c1-12(18)17-14-9-7-13(8-10-14)11-16-21(19,20)15-5-3-2-4-6-15/h2-10H,11H2,1H3,(H,17,18)(H2,16,19,20). The van der Waals surface area contributed by atoms with E-state index < -0.39 is 7.87 Å². The average molecular weight is 304 g/mol. The van der Waals surface area contributed by atoms with Crippen molar-refractivity contribution < 1.29 is 14.6 Å². The van der Waals surface area contributed by atoms with Crippen molar-refractivity contribution in [2.24, 2.45) is 0 Å². The molecule has 0 saturated carbocycles. The maximum Gasteiger partial charge on any atom is 0.221 e. The van der Waals surface area contributed by atoms with Crippen LogP contribution in [0.3, 0.4) is 0 Å². The number of rotatable bonds is 5. The highest BCUT2D eigenvalue weighted by Gasteiger charge is 2.25. The fourth-order valence-electron chi connectivity index (χ4n) is 1.83. The Hall–Kier alpha value is -1.78. The molecule has 21 heavy (non-hydrogen) atoms. The van der Waals surface area contributed by atoms with Crippen molar-refractivity contribution in [2.75, 3.05) is 5.32 Å². The van der Waals surface area contributed by atoms with Gasteiger partial charge in [-0.2, -0.15) is 5.09 Å². The SMILES string of the molecule is CC(=O)Nc1ccc(CN[P+]([O-])(O)c2ccccc2)cc1. The molecule has 3 N–H and O–H groups in total. The Bertz CT molecular complexity index is 600. The second kappa shape index (κ2) is 6.78. The Labute approximate surface area is 124 Å². The van der Waals surface area contributed by atoms with Gasteiger partial charge in [0, 0.05) is 12.6 Å². The fraction of sp³-hybridized carbons (Fsp3) is 0.133. The third-order valence-electron chi connectivity index (χ3n) is 2.88. The normalized spacial score (nSPS) is 13.5. The molecule has 0 aliphatic rings. The first-order valence-corrected chi connectivity index (χ1v) is 8.13. The molecule has 0 fully saturated rings. The van der Waals surface area contributed by atoms with Crippen LogP contribution in [0.2, 0.25) is 0 Å². The number of carbonyl (C=O) groups excluding carboxylic acids is 1. The van der Waals surface area contributed by atoms with Crippen molar-refractivity contribution in [2.45, 2.75) is 13.5 Å². The zero-order valence-electron chi connectivity index (χ0n) is 11.6. The molecule has 0 aliphatic heterocycles. The lowest BCUT2D eigenvalue weighted by Gasteiger charge is -2.23. The first kappa shape index (κ1) is 15.6. The van der Waals surface area contributed by atoms with Crippen molar-refractivity contribution in [1.29, 1.82) is 0 Å². The summed E-state index contributed by atoms with van der Waals surface area (Å²) < 4.78 is 0. The van der Waals surface area contributed by atoms with E-state index >= 15 is 0 Å². The van der Waals surface area contributed by atoms with Crippen molar-refractivity contribution in [3.63, 3.8) is 0 Å². The van der Waals surface area contributed by atoms with E-state index in [1.807, 2.05) is 0 Å². The third kappa shape index (κ3) is 4.62. The molecule has 2 aromatic carbocycles. The van der Waals surface area contributed by atoms with Crippen LogP contribution < -0.4 is 20.6 Å². The van der Waals surface area contributed by atoms with Crippen LogP contribution in [0, 0.1) is 0 Å². The second-order valence-corrected chi connectivity index (χ2v) is 6.61. The van der Waals surface area contributed by atoms with E-state index in [2.05, 4.69) is 10.4 Å². The van der Waals surface area contributed by atoms with E-state index in [9.17, 15) is 14.6 Å². The average Bonchev–Trinajstić information content (AvgIpc) is 2.47. The smallest absolute Gasteiger partial charge is 0.221 e. The Morgan fingerprint density at radius 3 is 2.33 bits per heavy atom. The summed E-state index contributed by atoms with van der Waals surface area (Å²) >= 11 is 0. The lowest BCUT2D eigenvalue weighted by Crippen LogP contribution is -2.33. The van der Waals surface area contributed by atoms with Gasteiger partial charge in [-0.3, -0.25) is 4.79 Å². The molecule has 2 rings (SSSR count). The molecular weight excluding hydrogens is 287 g/mol. The fourth-order valence-corrected chi connectivity index (χ4v) is 2.98. The number of nitrogens with one attached hydrogen (secondary N) is 2. The minimum Gasteiger partial charge on any atom is -0.637 e. The molecule has 0 spiro atoms. The van der Waals surface area contributed by atoms with Gasteiger partial charge >= 0.3 is 0 Å². The Morgan fingerprint density at radius 1 is 1.14 bits per heavy atom. The highest BCUT2D eigenvalue weighted by molar-refractivity contribution is 7.69. The molecule has 0 bridgehead atoms. The van der Waals surface area contributed by atoms with Crippen LogP contribution in [0.5, 0.6) is 0 Å². The van der Waals surface area contributed by atoms with Crippen LogP contribution >= 0.6 is 7.87 Å². The van der Waals surface area contributed by atoms with Crippen LogP contribution in [-0.2, 0) is 11.3 Å². The number of hydrogen-bond donors (Lipinski definition) is 3. The summed E-state index contributed by atoms with van der Waals surface area (Å²) in [6.45, 7) is 1.71. The van der Waals surface area contributed by atoms with Gasteiger partial charge in [0.15, 0.2) is 0 Å². The first-order chi connectivity index (χ1) is 9.97. The van der Waals surface area contributed by atoms with E-state index in [0.717, 1.165) is 5.56 Å². The van der Waals surface area contributed by atoms with Crippen molar-refractivity contribution in [3.05, 3.63) is 60.2 Å². The van der Waals surface area contributed by atoms with E-state index in [1.165, 1.54) is 6.92 Å². The Kier molecular flexibility index (Phi) is 5.04. The summed E-state index contributed by atoms with van der Waals surface area (Å²) in [4.78, 5) is 33.1. The lowest BCUT2D eigenvalue weighted by atomic mass is 10.2. The zero-order valence-corrected chi connectivity index (χ0v) is 12.5. The summed E-state index contributed by atoms with van der Waals surface area (Å²) in [5.74, 6) is -0.134. The summed E-state index contributed by atoms with van der Waals surface area (Å²) in [6, 6.07) is 15.6. The second-order valence-electron chi connectivity index (χ2n) is 4.62. The molecule has 5 nitrogen and oxygen atoms in total. The molecule has 0 aromatic heterocycles. The van der Waals surface area contributed by atoms with Gasteiger partial charge in [-0.15, -0.1) is 0 Å². The summed E-state index contributed by atoms with van der Waals surface area (Å²) in [6.07, 6.45) is 0. The van der Waals surface area contributed by atoms with Crippen molar-refractivity contribution in [3.8, 4) is 0 Å². The highest BCUT2D eigenvalue weighted by atomic mass is 31.2. The molecule has 110 valence electrons. The van der Waals surface area contributed by atoms with E-state index in [4.69, 9.17) is 0 Å². The predicted octanol–water partition coefficient (Wildman–Crippen LogP) is 1.18. The van der Waals surface area contributed by atoms with Crippen LogP contribution in [0.1, 0.15) is 12.5 Å². The van der Waals surface area contributed by atoms with Gasteiger partial charge in [0.2, 0.25) is 13.8 Å². The number of hydrogen-bond acceptors (Lipinski definition) is 4.